The summed E-state index contributed by atoms with van der Waals surface area (Å²) in [7, 11) is 0. The van der Waals surface area contributed by atoms with E-state index in [4.69, 9.17) is 4.84 Å². The molecule has 0 heterocycles. The van der Waals surface area contributed by atoms with Crippen LogP contribution in [0.25, 0.3) is 0 Å². The van der Waals surface area contributed by atoms with E-state index in [0.717, 1.165) is 29.7 Å². The quantitative estimate of drug-likeness (QED) is 0.573. The Hall–Kier alpha value is -2.30. The fourth-order valence-electron chi connectivity index (χ4n) is 2.03. The van der Waals surface area contributed by atoms with Gasteiger partial charge in [0.25, 0.3) is 0 Å². The van der Waals surface area contributed by atoms with Gasteiger partial charge >= 0.3 is 6.18 Å². The Kier molecular flexibility index (Phi) is 5.20. The molecule has 2 nitrogen and oxygen atoms in total. The molecule has 22 heavy (non-hydrogen) atoms. The average Bonchev–Trinajstić information content (AvgIpc) is 2.51. The van der Waals surface area contributed by atoms with Gasteiger partial charge in [-0.2, -0.15) is 13.2 Å². The van der Waals surface area contributed by atoms with Crippen molar-refractivity contribution in [3.05, 3.63) is 70.8 Å². The maximum atomic E-state index is 12.6. The Bertz CT molecular complexity index is 650. The van der Waals surface area contributed by atoms with Gasteiger partial charge in [-0.15, -0.1) is 0 Å². The van der Waals surface area contributed by atoms with Crippen LogP contribution < -0.4 is 0 Å². The lowest BCUT2D eigenvalue weighted by atomic mass is 10.1. The molecule has 0 aliphatic rings. The Morgan fingerprint density at radius 2 is 1.86 bits per heavy atom. The topological polar surface area (TPSA) is 21.6 Å². The number of hydrogen-bond acceptors (Lipinski definition) is 2. The van der Waals surface area contributed by atoms with Crippen molar-refractivity contribution in [1.29, 1.82) is 0 Å². The van der Waals surface area contributed by atoms with Gasteiger partial charge in [-0.3, -0.25) is 0 Å². The van der Waals surface area contributed by atoms with Crippen LogP contribution in [0.15, 0.2) is 53.7 Å². The van der Waals surface area contributed by atoms with Crippen molar-refractivity contribution in [3.63, 3.8) is 0 Å². The summed E-state index contributed by atoms with van der Waals surface area (Å²) in [4.78, 5) is 5.09. The molecule has 0 fully saturated rings. The summed E-state index contributed by atoms with van der Waals surface area (Å²) in [6.45, 7) is 2.03. The van der Waals surface area contributed by atoms with Gasteiger partial charge in [0.2, 0.25) is 0 Å². The molecule has 0 aliphatic carbocycles. The molecule has 0 saturated carbocycles. The van der Waals surface area contributed by atoms with Crippen molar-refractivity contribution in [2.75, 3.05) is 0 Å². The number of alkyl halides is 3. The highest BCUT2D eigenvalue weighted by Gasteiger charge is 2.30. The van der Waals surface area contributed by atoms with Crippen LogP contribution in [0.3, 0.4) is 0 Å². The Labute approximate surface area is 127 Å². The molecule has 0 amide bonds. The van der Waals surface area contributed by atoms with Crippen LogP contribution in [0.4, 0.5) is 13.2 Å². The number of rotatable bonds is 5. The van der Waals surface area contributed by atoms with Gasteiger partial charge in [0.15, 0.2) is 0 Å². The largest absolute Gasteiger partial charge is 0.416 e. The molecule has 116 valence electrons. The van der Waals surface area contributed by atoms with Crippen LogP contribution in [0, 0.1) is 0 Å². The van der Waals surface area contributed by atoms with Crippen LogP contribution in [0.2, 0.25) is 0 Å². The Morgan fingerprint density at radius 3 is 2.59 bits per heavy atom. The lowest BCUT2D eigenvalue weighted by molar-refractivity contribution is -0.137. The van der Waals surface area contributed by atoms with E-state index in [0.29, 0.717) is 5.56 Å². The number of halogens is 3. The van der Waals surface area contributed by atoms with Gasteiger partial charge in [-0.25, -0.2) is 0 Å². The van der Waals surface area contributed by atoms with E-state index < -0.39 is 11.7 Å². The summed E-state index contributed by atoms with van der Waals surface area (Å²) in [5.41, 5.74) is 1.81. The first-order chi connectivity index (χ1) is 10.5. The van der Waals surface area contributed by atoms with Gasteiger partial charge in [-0.05, 0) is 35.2 Å². The lowest BCUT2D eigenvalue weighted by Gasteiger charge is -2.08. The first-order valence-electron chi connectivity index (χ1n) is 6.90. The summed E-state index contributed by atoms with van der Waals surface area (Å²) >= 11 is 0. The van der Waals surface area contributed by atoms with Crippen LogP contribution in [0.1, 0.15) is 29.2 Å². The highest BCUT2D eigenvalue weighted by Crippen LogP contribution is 2.29. The van der Waals surface area contributed by atoms with Crippen LogP contribution >= 0.6 is 0 Å². The molecular formula is C17H16F3NO. The number of benzene rings is 2. The minimum atomic E-state index is -4.35. The second-order valence-electron chi connectivity index (χ2n) is 4.76. The van der Waals surface area contributed by atoms with E-state index in [1.54, 1.807) is 12.3 Å². The number of nitrogens with zero attached hydrogens (tertiary/aromatic N) is 1. The first-order valence-corrected chi connectivity index (χ1v) is 6.90. The summed E-state index contributed by atoms with van der Waals surface area (Å²) in [6, 6.07) is 12.8. The molecule has 0 atom stereocenters. The van der Waals surface area contributed by atoms with Crippen molar-refractivity contribution >= 4 is 6.21 Å². The van der Waals surface area contributed by atoms with Crippen LogP contribution in [-0.2, 0) is 24.0 Å². The van der Waals surface area contributed by atoms with Crippen molar-refractivity contribution in [3.8, 4) is 0 Å². The van der Waals surface area contributed by atoms with E-state index in [-0.39, 0.29) is 6.61 Å². The predicted molar refractivity (Wildman–Crippen MR) is 79.6 cm³/mol. The molecule has 0 unspecified atom stereocenters. The second-order valence-corrected chi connectivity index (χ2v) is 4.76. The monoisotopic (exact) mass is 307 g/mol. The van der Waals surface area contributed by atoms with Crippen LogP contribution in [-0.4, -0.2) is 6.21 Å². The van der Waals surface area contributed by atoms with E-state index in [2.05, 4.69) is 5.16 Å². The molecule has 2 rings (SSSR count). The first kappa shape index (κ1) is 16.1. The zero-order chi connectivity index (χ0) is 16.0. The van der Waals surface area contributed by atoms with E-state index in [9.17, 15) is 13.2 Å². The molecule has 0 N–H and O–H groups in total. The summed E-state index contributed by atoms with van der Waals surface area (Å²) in [6.07, 6.45) is -1.90. The smallest absolute Gasteiger partial charge is 0.391 e. The van der Waals surface area contributed by atoms with Crippen molar-refractivity contribution < 1.29 is 18.0 Å². The zero-order valence-corrected chi connectivity index (χ0v) is 12.1. The maximum absolute atomic E-state index is 12.6. The normalized spacial score (nSPS) is 11.8. The Morgan fingerprint density at radius 1 is 1.09 bits per heavy atom. The molecule has 0 saturated heterocycles. The molecule has 2 aromatic rings. The third kappa shape index (κ3) is 4.35. The third-order valence-electron chi connectivity index (χ3n) is 3.19. The molecule has 0 aromatic heterocycles. The zero-order valence-electron chi connectivity index (χ0n) is 12.1. The summed E-state index contributed by atoms with van der Waals surface area (Å²) in [5.74, 6) is 0. The second kappa shape index (κ2) is 7.11. The molecule has 0 radical (unpaired) electrons. The van der Waals surface area contributed by atoms with Crippen molar-refractivity contribution in [2.45, 2.75) is 26.1 Å². The van der Waals surface area contributed by atoms with Crippen LogP contribution in [0.5, 0.6) is 0 Å². The molecule has 0 spiro atoms. The van der Waals surface area contributed by atoms with Gasteiger partial charge in [0.1, 0.15) is 6.61 Å². The van der Waals surface area contributed by atoms with Gasteiger partial charge < -0.3 is 4.84 Å². The minimum Gasteiger partial charge on any atom is -0.391 e. The third-order valence-corrected chi connectivity index (χ3v) is 3.19. The van der Waals surface area contributed by atoms with Gasteiger partial charge in [-0.1, -0.05) is 48.5 Å². The molecular weight excluding hydrogens is 291 g/mol. The summed E-state index contributed by atoms with van der Waals surface area (Å²) in [5, 5.41) is 3.83. The molecule has 0 bridgehead atoms. The Balaban J connectivity index is 1.98. The molecule has 2 aromatic carbocycles. The van der Waals surface area contributed by atoms with Gasteiger partial charge in [0, 0.05) is 0 Å². The highest BCUT2D eigenvalue weighted by atomic mass is 19.4. The number of oxime groups is 1. The minimum absolute atomic E-state index is 0.00525. The molecule has 0 aliphatic heterocycles. The maximum Gasteiger partial charge on any atom is 0.416 e. The average molecular weight is 307 g/mol. The summed E-state index contributed by atoms with van der Waals surface area (Å²) < 4.78 is 37.8. The molecule has 5 heteroatoms. The fraction of sp³-hybridized carbons (Fsp3) is 0.235. The van der Waals surface area contributed by atoms with Crippen molar-refractivity contribution in [1.82, 2.24) is 0 Å². The lowest BCUT2D eigenvalue weighted by Crippen LogP contribution is -2.05. The van der Waals surface area contributed by atoms with Gasteiger partial charge in [0.05, 0.1) is 11.8 Å². The number of hydrogen-bond donors (Lipinski definition) is 0. The van der Waals surface area contributed by atoms with E-state index in [1.807, 2.05) is 31.2 Å². The fourth-order valence-corrected chi connectivity index (χ4v) is 2.03. The highest BCUT2D eigenvalue weighted by molar-refractivity contribution is 5.81. The van der Waals surface area contributed by atoms with Crippen molar-refractivity contribution in [2.24, 2.45) is 5.16 Å². The van der Waals surface area contributed by atoms with E-state index >= 15 is 0 Å². The van der Waals surface area contributed by atoms with E-state index in [1.165, 1.54) is 6.07 Å². The number of aryl methyl sites for hydroxylation is 1. The standard InChI is InChI=1S/C17H16F3NO/c1-2-14-7-3-4-8-15(14)11-21-22-12-13-6-5-9-16(10-13)17(18,19)20/h3-11H,2,12H2,1H3. The SMILES string of the molecule is CCc1ccccc1C=NOCc1cccc(C(F)(F)F)c1. The predicted octanol–water partition coefficient (Wildman–Crippen LogP) is 4.82.